The Labute approximate surface area is 242 Å². The summed E-state index contributed by atoms with van der Waals surface area (Å²) in [5.41, 5.74) is 7.26. The van der Waals surface area contributed by atoms with Gasteiger partial charge in [0.25, 0.3) is 0 Å². The maximum Gasteiger partial charge on any atom is 0.350 e. The minimum atomic E-state index is -0.234. The van der Waals surface area contributed by atoms with E-state index in [0.717, 1.165) is 75.9 Å². The van der Waals surface area contributed by atoms with E-state index in [4.69, 9.17) is 15.9 Å². The number of ether oxygens (including phenoxy) is 1. The van der Waals surface area contributed by atoms with E-state index in [1.807, 2.05) is 36.2 Å². The highest BCUT2D eigenvalue weighted by Crippen LogP contribution is 2.43. The molecule has 5 rings (SSSR count). The van der Waals surface area contributed by atoms with Gasteiger partial charge in [-0.05, 0) is 88.6 Å². The molecule has 3 heterocycles. The number of hydrogen-bond acceptors (Lipinski definition) is 7. The van der Waals surface area contributed by atoms with Gasteiger partial charge in [0.15, 0.2) is 17.3 Å². The van der Waals surface area contributed by atoms with E-state index in [-0.39, 0.29) is 23.5 Å². The fourth-order valence-electron chi connectivity index (χ4n) is 6.58. The number of unbranched alkanes of at least 4 members (excludes halogenated alkanes) is 2. The standard InChI is InChI=1S/C31H45N7O3/c1-36(2)20-29(39)37-16-14-22(15-17-37)23-10-13-26-25(18-23)34-30-27(41-26)19-38(31(40)35-30)24-11-8-21(9-12-24)6-4-3-5-7-28(32)33/h10,13,18-19,21-22,24H,3-9,11-12,14-17,20H2,1-2H3,(H3,32,33)(H,34,35,40). The minimum Gasteiger partial charge on any atom is -0.450 e. The molecule has 10 heteroatoms. The van der Waals surface area contributed by atoms with Crippen molar-refractivity contribution in [1.82, 2.24) is 19.4 Å². The fraction of sp³-hybridized carbons (Fsp3) is 0.613. The number of piperidine rings is 1. The van der Waals surface area contributed by atoms with E-state index in [9.17, 15) is 9.59 Å². The van der Waals surface area contributed by atoms with Crippen molar-refractivity contribution in [2.45, 2.75) is 82.6 Å². The van der Waals surface area contributed by atoms with Gasteiger partial charge in [-0.2, -0.15) is 4.98 Å². The zero-order valence-corrected chi connectivity index (χ0v) is 24.5. The molecule has 41 heavy (non-hydrogen) atoms. The van der Waals surface area contributed by atoms with Crippen LogP contribution in [0.3, 0.4) is 0 Å². The highest BCUT2D eigenvalue weighted by molar-refractivity contribution is 5.78. The van der Waals surface area contributed by atoms with Gasteiger partial charge in [-0.3, -0.25) is 14.8 Å². The maximum atomic E-state index is 13.0. The molecule has 222 valence electrons. The normalized spacial score (nSPS) is 20.6. The predicted molar refractivity (Wildman–Crippen MR) is 161 cm³/mol. The molecule has 4 N–H and O–H groups in total. The molecule has 0 radical (unpaired) electrons. The van der Waals surface area contributed by atoms with Gasteiger partial charge in [0.1, 0.15) is 0 Å². The van der Waals surface area contributed by atoms with Gasteiger partial charge < -0.3 is 25.6 Å². The first kappa shape index (κ1) is 29.1. The van der Waals surface area contributed by atoms with Crippen LogP contribution in [0.5, 0.6) is 11.5 Å². The van der Waals surface area contributed by atoms with Crippen LogP contribution in [0.15, 0.2) is 29.2 Å². The highest BCUT2D eigenvalue weighted by Gasteiger charge is 2.28. The Hall–Kier alpha value is -3.40. The quantitative estimate of drug-likeness (QED) is 0.180. The average molecular weight is 564 g/mol. The van der Waals surface area contributed by atoms with Crippen LogP contribution in [-0.4, -0.2) is 64.8 Å². The van der Waals surface area contributed by atoms with Gasteiger partial charge in [0.2, 0.25) is 5.91 Å². The summed E-state index contributed by atoms with van der Waals surface area (Å²) in [4.78, 5) is 33.7. The SMILES string of the molecule is CN(C)CC(=O)N1CCC(c2ccc3c(c2)Nc2nc(=O)n(C4CCC(CCCCCC(=N)N)CC4)cc2O3)CC1. The van der Waals surface area contributed by atoms with Crippen molar-refractivity contribution in [2.75, 3.05) is 39.0 Å². The molecule has 0 unspecified atom stereocenters. The molecule has 1 aromatic heterocycles. The molecule has 0 spiro atoms. The van der Waals surface area contributed by atoms with Gasteiger partial charge in [0, 0.05) is 25.6 Å². The van der Waals surface area contributed by atoms with Crippen molar-refractivity contribution < 1.29 is 9.53 Å². The molecule has 1 saturated carbocycles. The molecule has 1 amide bonds. The number of likely N-dealkylation sites (N-methyl/N-ethyl adjacent to an activating group) is 1. The van der Waals surface area contributed by atoms with Crippen molar-refractivity contribution in [3.05, 3.63) is 40.4 Å². The Morgan fingerprint density at radius 2 is 1.85 bits per heavy atom. The molecule has 2 fully saturated rings. The summed E-state index contributed by atoms with van der Waals surface area (Å²) in [5.74, 6) is 3.35. The van der Waals surface area contributed by atoms with E-state index in [1.54, 1.807) is 4.57 Å². The number of nitrogens with two attached hydrogens (primary N) is 1. The van der Waals surface area contributed by atoms with Crippen LogP contribution >= 0.6 is 0 Å². The Balaban J connectivity index is 1.16. The van der Waals surface area contributed by atoms with Gasteiger partial charge >= 0.3 is 5.69 Å². The summed E-state index contributed by atoms with van der Waals surface area (Å²) >= 11 is 0. The lowest BCUT2D eigenvalue weighted by molar-refractivity contribution is -0.132. The number of aromatic nitrogens is 2. The number of fused-ring (bicyclic) bond motifs is 2. The van der Waals surface area contributed by atoms with Crippen LogP contribution in [0.25, 0.3) is 0 Å². The summed E-state index contributed by atoms with van der Waals surface area (Å²) in [6, 6.07) is 6.38. The molecular weight excluding hydrogens is 518 g/mol. The number of benzene rings is 1. The number of rotatable bonds is 10. The van der Waals surface area contributed by atoms with Crippen LogP contribution in [0, 0.1) is 11.3 Å². The summed E-state index contributed by atoms with van der Waals surface area (Å²) < 4.78 is 8.01. The summed E-state index contributed by atoms with van der Waals surface area (Å²) in [6.45, 7) is 1.99. The largest absolute Gasteiger partial charge is 0.450 e. The number of amidine groups is 1. The number of nitrogens with zero attached hydrogens (tertiary/aromatic N) is 4. The first-order chi connectivity index (χ1) is 19.8. The highest BCUT2D eigenvalue weighted by atomic mass is 16.5. The monoisotopic (exact) mass is 563 g/mol. The zero-order valence-electron chi connectivity index (χ0n) is 24.5. The van der Waals surface area contributed by atoms with Crippen LogP contribution in [-0.2, 0) is 4.79 Å². The molecule has 3 aliphatic rings. The van der Waals surface area contributed by atoms with Crippen LogP contribution in [0.2, 0.25) is 0 Å². The molecule has 0 bridgehead atoms. The second-order valence-corrected chi connectivity index (χ2v) is 12.3. The molecule has 2 aromatic rings. The molecule has 0 atom stereocenters. The third-order valence-electron chi connectivity index (χ3n) is 8.93. The summed E-state index contributed by atoms with van der Waals surface area (Å²) in [7, 11) is 3.84. The maximum absolute atomic E-state index is 13.0. The Morgan fingerprint density at radius 3 is 2.56 bits per heavy atom. The summed E-state index contributed by atoms with van der Waals surface area (Å²) in [5, 5.41) is 10.7. The number of carbonyl (C=O) groups excluding carboxylic acids is 1. The number of carbonyl (C=O) groups is 1. The predicted octanol–water partition coefficient (Wildman–Crippen LogP) is 4.98. The molecule has 1 saturated heterocycles. The van der Waals surface area contributed by atoms with Gasteiger partial charge in [-0.1, -0.05) is 25.3 Å². The average Bonchev–Trinajstić information content (AvgIpc) is 2.95. The number of hydrogen-bond donors (Lipinski definition) is 3. The Morgan fingerprint density at radius 1 is 1.10 bits per heavy atom. The van der Waals surface area contributed by atoms with Crippen molar-refractivity contribution in [2.24, 2.45) is 11.7 Å². The second-order valence-electron chi connectivity index (χ2n) is 12.3. The smallest absolute Gasteiger partial charge is 0.350 e. The third-order valence-corrected chi connectivity index (χ3v) is 8.93. The number of amides is 1. The molecular formula is C31H45N7O3. The lowest BCUT2D eigenvalue weighted by Gasteiger charge is -2.33. The van der Waals surface area contributed by atoms with Crippen LogP contribution in [0.4, 0.5) is 11.5 Å². The third kappa shape index (κ3) is 7.28. The van der Waals surface area contributed by atoms with E-state index in [2.05, 4.69) is 22.4 Å². The molecule has 1 aromatic carbocycles. The summed E-state index contributed by atoms with van der Waals surface area (Å²) in [6.07, 6.45) is 13.1. The van der Waals surface area contributed by atoms with Crippen LogP contribution in [0.1, 0.15) is 88.2 Å². The number of nitrogens with one attached hydrogen (secondary N) is 2. The minimum absolute atomic E-state index is 0.150. The number of anilines is 2. The van der Waals surface area contributed by atoms with Gasteiger partial charge in [0.05, 0.1) is 24.3 Å². The van der Waals surface area contributed by atoms with E-state index in [1.165, 1.54) is 18.4 Å². The van der Waals surface area contributed by atoms with Crippen LogP contribution < -0.4 is 21.5 Å². The van der Waals surface area contributed by atoms with Gasteiger partial charge in [-0.25, -0.2) is 4.79 Å². The van der Waals surface area contributed by atoms with Gasteiger partial charge in [-0.15, -0.1) is 0 Å². The van der Waals surface area contributed by atoms with E-state index < -0.39 is 0 Å². The lowest BCUT2D eigenvalue weighted by atomic mass is 9.83. The van der Waals surface area contributed by atoms with E-state index >= 15 is 0 Å². The fourth-order valence-corrected chi connectivity index (χ4v) is 6.58. The Kier molecular flexibility index (Phi) is 9.27. The topological polar surface area (TPSA) is 130 Å². The van der Waals surface area contributed by atoms with Crippen molar-refractivity contribution >= 4 is 23.2 Å². The van der Waals surface area contributed by atoms with Crippen molar-refractivity contribution in [3.63, 3.8) is 0 Å². The zero-order chi connectivity index (χ0) is 28.9. The molecule has 1 aliphatic carbocycles. The molecule has 2 aliphatic heterocycles. The van der Waals surface area contributed by atoms with Crippen molar-refractivity contribution in [1.29, 1.82) is 5.41 Å². The van der Waals surface area contributed by atoms with E-state index in [0.29, 0.717) is 36.4 Å². The first-order valence-corrected chi connectivity index (χ1v) is 15.2. The lowest BCUT2D eigenvalue weighted by Crippen LogP contribution is -2.42. The van der Waals surface area contributed by atoms with Crippen molar-refractivity contribution in [3.8, 4) is 11.5 Å². The first-order valence-electron chi connectivity index (χ1n) is 15.2. The number of likely N-dealkylation sites (tertiary alicyclic amines) is 1. The molecule has 10 nitrogen and oxygen atoms in total. The Bertz CT molecular complexity index is 1290. The second kappa shape index (κ2) is 13.1.